The number of thiophene rings is 1. The SMILES string of the molecule is Cc1c(NC(=O)c2c(NS(=O)(=O)c3ccc(Br)s3)cnn2C)cnn1C. The molecule has 0 atom stereocenters. The molecule has 0 fully saturated rings. The number of halogens is 1. The number of sulfonamides is 1. The zero-order chi connectivity index (χ0) is 19.1. The third-order valence-corrected chi connectivity index (χ3v) is 7.18. The standard InChI is InChI=1S/C14H15BrN6O3S2/c1-8-9(6-16-20(8)2)18-14(22)13-10(7-17-21(13)3)19-26(23,24)12-5-4-11(15)25-12/h4-7,19H,1-3H3,(H,18,22). The van der Waals surface area contributed by atoms with E-state index in [0.29, 0.717) is 9.47 Å². The molecule has 3 aromatic rings. The molecule has 3 heterocycles. The maximum Gasteiger partial charge on any atom is 0.276 e. The first-order valence-electron chi connectivity index (χ1n) is 7.29. The van der Waals surface area contributed by atoms with Crippen LogP contribution in [0.2, 0.25) is 0 Å². The van der Waals surface area contributed by atoms with Gasteiger partial charge in [0.25, 0.3) is 15.9 Å². The summed E-state index contributed by atoms with van der Waals surface area (Å²) in [5.41, 5.74) is 1.49. The molecule has 9 nitrogen and oxygen atoms in total. The summed E-state index contributed by atoms with van der Waals surface area (Å²) >= 11 is 4.31. The van der Waals surface area contributed by atoms with Gasteiger partial charge in [0.1, 0.15) is 9.90 Å². The zero-order valence-corrected chi connectivity index (χ0v) is 17.2. The number of aryl methyl sites for hydroxylation is 2. The molecule has 0 saturated heterocycles. The van der Waals surface area contributed by atoms with Crippen molar-refractivity contribution in [3.05, 3.63) is 39.7 Å². The molecule has 26 heavy (non-hydrogen) atoms. The number of anilines is 2. The lowest BCUT2D eigenvalue weighted by atomic mass is 10.3. The lowest BCUT2D eigenvalue weighted by Crippen LogP contribution is -2.20. The number of hydrogen-bond acceptors (Lipinski definition) is 6. The Bertz CT molecular complexity index is 1080. The highest BCUT2D eigenvalue weighted by Gasteiger charge is 2.24. The van der Waals surface area contributed by atoms with Crippen LogP contribution in [0, 0.1) is 6.92 Å². The molecule has 0 spiro atoms. The number of rotatable bonds is 5. The van der Waals surface area contributed by atoms with Crippen LogP contribution in [0.3, 0.4) is 0 Å². The summed E-state index contributed by atoms with van der Waals surface area (Å²) in [5.74, 6) is -0.494. The van der Waals surface area contributed by atoms with Crippen molar-refractivity contribution < 1.29 is 13.2 Å². The molecule has 3 aromatic heterocycles. The summed E-state index contributed by atoms with van der Waals surface area (Å²) < 4.78 is 31.2. The fourth-order valence-electron chi connectivity index (χ4n) is 2.22. The van der Waals surface area contributed by atoms with Gasteiger partial charge in [-0.2, -0.15) is 10.2 Å². The first kappa shape index (κ1) is 18.6. The predicted octanol–water partition coefficient (Wildman–Crippen LogP) is 2.34. The second-order valence-electron chi connectivity index (χ2n) is 5.42. The van der Waals surface area contributed by atoms with Gasteiger partial charge >= 0.3 is 0 Å². The van der Waals surface area contributed by atoms with Crippen LogP contribution in [0.5, 0.6) is 0 Å². The van der Waals surface area contributed by atoms with Crippen LogP contribution in [-0.4, -0.2) is 33.9 Å². The van der Waals surface area contributed by atoms with Gasteiger partial charge in [-0.15, -0.1) is 11.3 Å². The van der Waals surface area contributed by atoms with Crippen molar-refractivity contribution in [1.29, 1.82) is 0 Å². The van der Waals surface area contributed by atoms with E-state index in [2.05, 4.69) is 36.2 Å². The van der Waals surface area contributed by atoms with E-state index < -0.39 is 15.9 Å². The number of carbonyl (C=O) groups is 1. The molecular weight excluding hydrogens is 444 g/mol. The Kier molecular flexibility index (Phi) is 4.90. The van der Waals surface area contributed by atoms with Gasteiger partial charge in [0, 0.05) is 14.1 Å². The molecule has 0 unspecified atom stereocenters. The van der Waals surface area contributed by atoms with Gasteiger partial charge in [-0.3, -0.25) is 18.9 Å². The minimum atomic E-state index is -3.82. The van der Waals surface area contributed by atoms with Crippen molar-refractivity contribution in [2.75, 3.05) is 10.0 Å². The molecule has 0 radical (unpaired) electrons. The molecule has 0 aliphatic rings. The Labute approximate surface area is 162 Å². The monoisotopic (exact) mass is 458 g/mol. The summed E-state index contributed by atoms with van der Waals surface area (Å²) in [6.45, 7) is 1.81. The Morgan fingerprint density at radius 3 is 2.38 bits per heavy atom. The van der Waals surface area contributed by atoms with Crippen LogP contribution in [0.1, 0.15) is 16.2 Å². The van der Waals surface area contributed by atoms with Crippen LogP contribution in [-0.2, 0) is 24.1 Å². The average Bonchev–Trinajstić information content (AvgIpc) is 3.23. The van der Waals surface area contributed by atoms with Gasteiger partial charge in [-0.05, 0) is 35.0 Å². The average molecular weight is 459 g/mol. The molecule has 0 aromatic carbocycles. The van der Waals surface area contributed by atoms with Gasteiger partial charge in [-0.25, -0.2) is 8.42 Å². The highest BCUT2D eigenvalue weighted by molar-refractivity contribution is 9.11. The topological polar surface area (TPSA) is 111 Å². The number of hydrogen-bond donors (Lipinski definition) is 2. The van der Waals surface area contributed by atoms with E-state index in [4.69, 9.17) is 0 Å². The number of amides is 1. The van der Waals surface area contributed by atoms with Crippen molar-refractivity contribution in [2.24, 2.45) is 14.1 Å². The first-order valence-corrected chi connectivity index (χ1v) is 10.4. The van der Waals surface area contributed by atoms with Crippen molar-refractivity contribution in [1.82, 2.24) is 19.6 Å². The van der Waals surface area contributed by atoms with Gasteiger partial charge in [0.2, 0.25) is 0 Å². The van der Waals surface area contributed by atoms with E-state index in [0.717, 1.165) is 17.0 Å². The van der Waals surface area contributed by atoms with Gasteiger partial charge in [0.05, 0.1) is 33.2 Å². The summed E-state index contributed by atoms with van der Waals surface area (Å²) in [6.07, 6.45) is 2.82. The summed E-state index contributed by atoms with van der Waals surface area (Å²) in [5, 5.41) is 10.8. The van der Waals surface area contributed by atoms with Crippen molar-refractivity contribution in [3.63, 3.8) is 0 Å². The van der Waals surface area contributed by atoms with E-state index in [1.54, 1.807) is 24.8 Å². The van der Waals surface area contributed by atoms with Crippen LogP contribution in [0.4, 0.5) is 11.4 Å². The lowest BCUT2D eigenvalue weighted by Gasteiger charge is -2.09. The van der Waals surface area contributed by atoms with Crippen LogP contribution < -0.4 is 10.0 Å². The minimum Gasteiger partial charge on any atom is -0.318 e. The van der Waals surface area contributed by atoms with E-state index in [1.165, 1.54) is 23.1 Å². The summed E-state index contributed by atoms with van der Waals surface area (Å²) in [4.78, 5) is 12.7. The fourth-order valence-corrected chi connectivity index (χ4v) is 5.28. The largest absolute Gasteiger partial charge is 0.318 e. The van der Waals surface area contributed by atoms with E-state index in [1.807, 2.05) is 6.92 Å². The lowest BCUT2D eigenvalue weighted by molar-refractivity contribution is 0.101. The zero-order valence-electron chi connectivity index (χ0n) is 14.0. The van der Waals surface area contributed by atoms with Gasteiger partial charge < -0.3 is 5.32 Å². The van der Waals surface area contributed by atoms with Crippen LogP contribution in [0.25, 0.3) is 0 Å². The second kappa shape index (κ2) is 6.85. The van der Waals surface area contributed by atoms with Gasteiger partial charge in [-0.1, -0.05) is 0 Å². The minimum absolute atomic E-state index is 0.0902. The Morgan fingerprint density at radius 2 is 1.81 bits per heavy atom. The molecule has 2 N–H and O–H groups in total. The van der Waals surface area contributed by atoms with Crippen LogP contribution in [0.15, 0.2) is 32.5 Å². The number of carbonyl (C=O) groups excluding carboxylic acids is 1. The summed E-state index contributed by atoms with van der Waals surface area (Å²) in [6, 6.07) is 3.12. The maximum atomic E-state index is 12.7. The molecule has 0 aliphatic carbocycles. The van der Waals surface area contributed by atoms with Crippen molar-refractivity contribution in [3.8, 4) is 0 Å². The van der Waals surface area contributed by atoms with Crippen molar-refractivity contribution >= 4 is 54.6 Å². The van der Waals surface area contributed by atoms with Gasteiger partial charge in [0.15, 0.2) is 0 Å². The second-order valence-corrected chi connectivity index (χ2v) is 9.79. The Hall–Kier alpha value is -2.18. The molecule has 138 valence electrons. The molecule has 12 heteroatoms. The maximum absolute atomic E-state index is 12.7. The third kappa shape index (κ3) is 3.52. The molecule has 0 bridgehead atoms. The third-order valence-electron chi connectivity index (χ3n) is 3.70. The van der Waals surface area contributed by atoms with Crippen LogP contribution >= 0.6 is 27.3 Å². The summed E-state index contributed by atoms with van der Waals surface area (Å²) in [7, 11) is -0.506. The molecule has 0 aliphatic heterocycles. The highest BCUT2D eigenvalue weighted by atomic mass is 79.9. The Morgan fingerprint density at radius 1 is 1.15 bits per heavy atom. The van der Waals surface area contributed by atoms with E-state index in [9.17, 15) is 13.2 Å². The molecule has 0 saturated carbocycles. The predicted molar refractivity (Wildman–Crippen MR) is 102 cm³/mol. The smallest absolute Gasteiger partial charge is 0.276 e. The molecular formula is C14H15BrN6O3S2. The normalized spacial score (nSPS) is 11.5. The number of nitrogens with zero attached hydrogens (tertiary/aromatic N) is 4. The molecule has 1 amide bonds. The quantitative estimate of drug-likeness (QED) is 0.609. The first-order chi connectivity index (χ1) is 12.2. The highest BCUT2D eigenvalue weighted by Crippen LogP contribution is 2.28. The van der Waals surface area contributed by atoms with Crippen molar-refractivity contribution in [2.45, 2.75) is 11.1 Å². The van der Waals surface area contributed by atoms with E-state index >= 15 is 0 Å². The molecule has 3 rings (SSSR count). The number of aromatic nitrogens is 4. The number of nitrogens with one attached hydrogen (secondary N) is 2. The Balaban J connectivity index is 1.89. The van der Waals surface area contributed by atoms with E-state index in [-0.39, 0.29) is 15.6 Å². The fraction of sp³-hybridized carbons (Fsp3) is 0.214.